The summed E-state index contributed by atoms with van der Waals surface area (Å²) in [5, 5.41) is 5.86. The standard InChI is InChI=1S/C21H18ClF3N4O2S2/c22-17-14-2-1-11(21(23,24)25)5-16(14)33-18(17)20(31)29-7-13(8-29)27-12-3-4-28(6-12)19(30)15-9-32-10-26-15/h1-2,5,9-10,12-13,27H,3-4,6-8H2/t12-/m0/s1. The summed E-state index contributed by atoms with van der Waals surface area (Å²) in [7, 11) is 0. The van der Waals surface area contributed by atoms with Crippen molar-refractivity contribution in [3.8, 4) is 0 Å². The van der Waals surface area contributed by atoms with Crippen LogP contribution in [0.15, 0.2) is 29.1 Å². The number of fused-ring (bicyclic) bond motifs is 1. The first-order valence-electron chi connectivity index (χ1n) is 10.2. The normalized spacial score (nSPS) is 19.3. The molecule has 12 heteroatoms. The molecule has 3 aromatic rings. The SMILES string of the molecule is O=C(c1cscn1)N1CC[C@H](NC2CN(C(=O)c3sc4cc(C(F)(F)F)ccc4c3Cl)C2)C1. The van der Waals surface area contributed by atoms with Gasteiger partial charge < -0.3 is 15.1 Å². The third-order valence-electron chi connectivity index (χ3n) is 5.92. The highest BCUT2D eigenvalue weighted by Gasteiger charge is 2.37. The van der Waals surface area contributed by atoms with Gasteiger partial charge in [-0.3, -0.25) is 9.59 Å². The molecule has 2 saturated heterocycles. The van der Waals surface area contributed by atoms with Gasteiger partial charge in [-0.15, -0.1) is 22.7 Å². The van der Waals surface area contributed by atoms with Gasteiger partial charge in [0.2, 0.25) is 0 Å². The van der Waals surface area contributed by atoms with Crippen LogP contribution in [0.4, 0.5) is 13.2 Å². The van der Waals surface area contributed by atoms with Gasteiger partial charge in [-0.2, -0.15) is 13.2 Å². The molecule has 2 aliphatic rings. The Kier molecular flexibility index (Phi) is 5.84. The van der Waals surface area contributed by atoms with Crippen LogP contribution in [0, 0.1) is 0 Å². The van der Waals surface area contributed by atoms with Crippen LogP contribution in [0.25, 0.3) is 10.1 Å². The Morgan fingerprint density at radius 3 is 2.58 bits per heavy atom. The lowest BCUT2D eigenvalue weighted by Gasteiger charge is -2.41. The summed E-state index contributed by atoms with van der Waals surface area (Å²) in [5.41, 5.74) is 1.33. The molecule has 174 valence electrons. The van der Waals surface area contributed by atoms with Crippen LogP contribution in [0.2, 0.25) is 5.02 Å². The Morgan fingerprint density at radius 2 is 1.88 bits per heavy atom. The van der Waals surface area contributed by atoms with Crippen molar-refractivity contribution in [2.45, 2.75) is 24.7 Å². The molecule has 0 saturated carbocycles. The van der Waals surface area contributed by atoms with E-state index < -0.39 is 11.7 Å². The zero-order valence-electron chi connectivity index (χ0n) is 17.1. The second kappa shape index (κ2) is 8.53. The summed E-state index contributed by atoms with van der Waals surface area (Å²) in [4.78, 5) is 33.0. The number of benzene rings is 1. The number of carbonyl (C=O) groups excluding carboxylic acids is 2. The molecule has 0 radical (unpaired) electrons. The number of hydrogen-bond acceptors (Lipinski definition) is 6. The maximum absolute atomic E-state index is 13.0. The zero-order valence-corrected chi connectivity index (χ0v) is 19.5. The summed E-state index contributed by atoms with van der Waals surface area (Å²) in [6, 6.07) is 3.55. The predicted octanol–water partition coefficient (Wildman–Crippen LogP) is 4.36. The maximum Gasteiger partial charge on any atom is 0.416 e. The molecular weight excluding hydrogens is 497 g/mol. The summed E-state index contributed by atoms with van der Waals surface area (Å²) < 4.78 is 39.3. The van der Waals surface area contributed by atoms with E-state index in [2.05, 4.69) is 10.3 Å². The highest BCUT2D eigenvalue weighted by Crippen LogP contribution is 2.40. The van der Waals surface area contributed by atoms with Gasteiger partial charge in [0.1, 0.15) is 10.6 Å². The number of aromatic nitrogens is 1. The average molecular weight is 515 g/mol. The van der Waals surface area contributed by atoms with Gasteiger partial charge in [-0.05, 0) is 18.6 Å². The Morgan fingerprint density at radius 1 is 1.12 bits per heavy atom. The largest absolute Gasteiger partial charge is 0.416 e. The van der Waals surface area contributed by atoms with Gasteiger partial charge in [0.15, 0.2) is 0 Å². The second-order valence-corrected chi connectivity index (χ2v) is 10.3. The van der Waals surface area contributed by atoms with E-state index >= 15 is 0 Å². The first kappa shape index (κ1) is 22.6. The van der Waals surface area contributed by atoms with Crippen LogP contribution in [0.5, 0.6) is 0 Å². The number of hydrogen-bond donors (Lipinski definition) is 1. The fourth-order valence-corrected chi connectivity index (χ4v) is 6.21. The number of halogens is 4. The van der Waals surface area contributed by atoms with E-state index in [1.54, 1.807) is 20.7 Å². The third-order valence-corrected chi connectivity index (χ3v) is 8.15. The molecule has 2 amide bonds. The van der Waals surface area contributed by atoms with Crippen molar-refractivity contribution in [1.82, 2.24) is 20.1 Å². The molecule has 0 bridgehead atoms. The van der Waals surface area contributed by atoms with Crippen LogP contribution in [0.3, 0.4) is 0 Å². The number of thiazole rings is 1. The zero-order chi connectivity index (χ0) is 23.3. The molecule has 2 aromatic heterocycles. The molecule has 2 aliphatic heterocycles. The van der Waals surface area contributed by atoms with E-state index in [1.165, 1.54) is 17.4 Å². The van der Waals surface area contributed by atoms with E-state index in [1.807, 2.05) is 0 Å². The molecule has 1 N–H and O–H groups in total. The smallest absolute Gasteiger partial charge is 0.336 e. The monoisotopic (exact) mass is 514 g/mol. The van der Waals surface area contributed by atoms with E-state index in [4.69, 9.17) is 11.6 Å². The summed E-state index contributed by atoms with van der Waals surface area (Å²) in [5.74, 6) is -0.349. The number of thiophene rings is 1. The van der Waals surface area contributed by atoms with Crippen molar-refractivity contribution in [3.63, 3.8) is 0 Å². The Hall–Kier alpha value is -2.21. The molecule has 6 nitrogen and oxygen atoms in total. The third kappa shape index (κ3) is 4.34. The summed E-state index contributed by atoms with van der Waals surface area (Å²) in [6.45, 7) is 2.20. The lowest BCUT2D eigenvalue weighted by atomic mass is 10.1. The van der Waals surface area contributed by atoms with Crippen molar-refractivity contribution < 1.29 is 22.8 Å². The minimum Gasteiger partial charge on any atom is -0.336 e. The Labute approximate surface area is 200 Å². The van der Waals surface area contributed by atoms with Crippen molar-refractivity contribution in [2.24, 2.45) is 0 Å². The van der Waals surface area contributed by atoms with Crippen molar-refractivity contribution in [2.75, 3.05) is 26.2 Å². The van der Waals surface area contributed by atoms with Crippen LogP contribution < -0.4 is 5.32 Å². The first-order chi connectivity index (χ1) is 15.7. The number of nitrogens with one attached hydrogen (secondary N) is 1. The van der Waals surface area contributed by atoms with Crippen molar-refractivity contribution in [1.29, 1.82) is 0 Å². The van der Waals surface area contributed by atoms with Gasteiger partial charge in [-0.25, -0.2) is 4.98 Å². The topological polar surface area (TPSA) is 65.5 Å². The highest BCUT2D eigenvalue weighted by molar-refractivity contribution is 7.21. The predicted molar refractivity (Wildman–Crippen MR) is 121 cm³/mol. The number of nitrogens with zero attached hydrogens (tertiary/aromatic N) is 3. The minimum absolute atomic E-state index is 0.0703. The number of rotatable bonds is 4. The lowest BCUT2D eigenvalue weighted by Crippen LogP contribution is -2.62. The highest BCUT2D eigenvalue weighted by atomic mass is 35.5. The Balaban J connectivity index is 1.18. The van der Waals surface area contributed by atoms with Crippen LogP contribution in [0.1, 0.15) is 32.1 Å². The van der Waals surface area contributed by atoms with Crippen molar-refractivity contribution >= 4 is 56.2 Å². The van der Waals surface area contributed by atoms with Gasteiger partial charge in [-0.1, -0.05) is 17.7 Å². The van der Waals surface area contributed by atoms with Crippen LogP contribution in [-0.4, -0.2) is 64.9 Å². The molecular formula is C21H18ClF3N4O2S2. The molecule has 2 fully saturated rings. The van der Waals surface area contributed by atoms with Gasteiger partial charge in [0, 0.05) is 53.7 Å². The minimum atomic E-state index is -4.45. The number of alkyl halides is 3. The average Bonchev–Trinajstić information content (AvgIpc) is 3.49. The maximum atomic E-state index is 13.0. The van der Waals surface area contributed by atoms with Gasteiger partial charge in [0.25, 0.3) is 11.8 Å². The molecule has 33 heavy (non-hydrogen) atoms. The fraction of sp³-hybridized carbons (Fsp3) is 0.381. The molecule has 0 aliphatic carbocycles. The Bertz CT molecular complexity index is 1210. The first-order valence-corrected chi connectivity index (χ1v) is 12.4. The molecule has 5 rings (SSSR count). The summed E-state index contributed by atoms with van der Waals surface area (Å²) >= 11 is 8.70. The number of amides is 2. The van der Waals surface area contributed by atoms with E-state index in [0.717, 1.165) is 29.9 Å². The summed E-state index contributed by atoms with van der Waals surface area (Å²) in [6.07, 6.45) is -3.63. The van der Waals surface area contributed by atoms with Gasteiger partial charge >= 0.3 is 6.18 Å². The molecule has 1 atom stereocenters. The molecule has 1 aromatic carbocycles. The number of likely N-dealkylation sites (tertiary alicyclic amines) is 2. The second-order valence-electron chi connectivity index (χ2n) is 8.14. The van der Waals surface area contributed by atoms with E-state index in [9.17, 15) is 22.8 Å². The number of carbonyl (C=O) groups is 2. The lowest BCUT2D eigenvalue weighted by molar-refractivity contribution is -0.137. The quantitative estimate of drug-likeness (QED) is 0.562. The van der Waals surface area contributed by atoms with E-state index in [0.29, 0.717) is 42.0 Å². The van der Waals surface area contributed by atoms with Gasteiger partial charge in [0.05, 0.1) is 16.1 Å². The molecule has 0 spiro atoms. The van der Waals surface area contributed by atoms with Crippen LogP contribution >= 0.6 is 34.3 Å². The van der Waals surface area contributed by atoms with Crippen molar-refractivity contribution in [3.05, 3.63) is 50.2 Å². The fourth-order valence-electron chi connectivity index (χ4n) is 4.17. The molecule has 0 unspecified atom stereocenters. The van der Waals surface area contributed by atoms with Crippen LogP contribution in [-0.2, 0) is 6.18 Å². The molecule has 4 heterocycles. The van der Waals surface area contributed by atoms with E-state index in [-0.39, 0.29) is 33.8 Å².